The van der Waals surface area contributed by atoms with Crippen molar-refractivity contribution >= 4 is 21.9 Å². The highest BCUT2D eigenvalue weighted by atomic mass is 79.9. The molecule has 0 saturated heterocycles. The van der Waals surface area contributed by atoms with Crippen LogP contribution in [-0.2, 0) is 9.53 Å². The second-order valence-electron chi connectivity index (χ2n) is 3.74. The Kier molecular flexibility index (Phi) is 11.0. The van der Waals surface area contributed by atoms with Gasteiger partial charge in [0.15, 0.2) is 0 Å². The van der Waals surface area contributed by atoms with Crippen LogP contribution in [0.4, 0.5) is 0 Å². The van der Waals surface area contributed by atoms with Crippen molar-refractivity contribution in [3.05, 3.63) is 11.6 Å². The molecular weight excluding hydrogens is 268 g/mol. The molecule has 0 N–H and O–H groups in total. The smallest absolute Gasteiger partial charge is 0.333 e. The van der Waals surface area contributed by atoms with Crippen LogP contribution in [0.5, 0.6) is 0 Å². The Bertz CT molecular complexity index is 212. The summed E-state index contributed by atoms with van der Waals surface area (Å²) in [4.78, 5) is 11.5. The average molecular weight is 291 g/mol. The number of hydrogen-bond acceptors (Lipinski definition) is 2. The van der Waals surface area contributed by atoms with E-state index in [1.807, 2.05) is 13.0 Å². The number of allylic oxidation sites excluding steroid dienone is 1. The van der Waals surface area contributed by atoms with Crippen LogP contribution >= 0.6 is 15.9 Å². The van der Waals surface area contributed by atoms with Crippen LogP contribution in [0.25, 0.3) is 0 Å². The number of esters is 1. The molecule has 0 heterocycles. The molecule has 0 aliphatic carbocycles. The first kappa shape index (κ1) is 15.7. The summed E-state index contributed by atoms with van der Waals surface area (Å²) in [6.07, 6.45) is 8.72. The third-order valence-electron chi connectivity index (χ3n) is 2.35. The number of carbonyl (C=O) groups excluding carboxylic acids is 1. The van der Waals surface area contributed by atoms with Crippen molar-refractivity contribution in [2.75, 3.05) is 11.9 Å². The minimum Gasteiger partial charge on any atom is -0.463 e. The van der Waals surface area contributed by atoms with Gasteiger partial charge in [-0.3, -0.25) is 0 Å². The molecule has 0 spiro atoms. The van der Waals surface area contributed by atoms with Crippen molar-refractivity contribution in [3.8, 4) is 0 Å². The van der Waals surface area contributed by atoms with E-state index in [4.69, 9.17) is 4.74 Å². The highest BCUT2D eigenvalue weighted by Gasteiger charge is 2.08. The molecule has 2 nitrogen and oxygen atoms in total. The van der Waals surface area contributed by atoms with E-state index in [2.05, 4.69) is 22.9 Å². The molecule has 0 atom stereocenters. The highest BCUT2D eigenvalue weighted by Crippen LogP contribution is 2.11. The number of hydrogen-bond donors (Lipinski definition) is 0. The Balaban J connectivity index is 3.98. The number of halogens is 1. The van der Waals surface area contributed by atoms with Crippen molar-refractivity contribution in [2.45, 2.75) is 52.4 Å². The lowest BCUT2D eigenvalue weighted by Crippen LogP contribution is -2.08. The molecule has 0 rings (SSSR count). The average Bonchev–Trinajstić information content (AvgIpc) is 2.27. The van der Waals surface area contributed by atoms with Crippen molar-refractivity contribution in [1.82, 2.24) is 0 Å². The Labute approximate surface area is 108 Å². The van der Waals surface area contributed by atoms with E-state index in [0.29, 0.717) is 6.61 Å². The number of carbonyl (C=O) groups is 1. The molecule has 16 heavy (non-hydrogen) atoms. The van der Waals surface area contributed by atoms with Crippen molar-refractivity contribution in [3.63, 3.8) is 0 Å². The van der Waals surface area contributed by atoms with Gasteiger partial charge >= 0.3 is 5.97 Å². The number of ether oxygens (including phenoxy) is 1. The predicted molar refractivity (Wildman–Crippen MR) is 71.9 cm³/mol. The lowest BCUT2D eigenvalue weighted by Gasteiger charge is -2.05. The van der Waals surface area contributed by atoms with Gasteiger partial charge in [0.05, 0.1) is 6.61 Å². The molecule has 0 saturated carbocycles. The summed E-state index contributed by atoms with van der Waals surface area (Å²) >= 11 is 3.35. The van der Waals surface area contributed by atoms with Gasteiger partial charge in [0.1, 0.15) is 0 Å². The van der Waals surface area contributed by atoms with Crippen molar-refractivity contribution in [2.24, 2.45) is 0 Å². The van der Waals surface area contributed by atoms with Crippen LogP contribution in [0.3, 0.4) is 0 Å². The van der Waals surface area contributed by atoms with Crippen molar-refractivity contribution in [1.29, 1.82) is 0 Å². The molecule has 3 heteroatoms. The molecule has 0 amide bonds. The summed E-state index contributed by atoms with van der Waals surface area (Å²) in [5.74, 6) is -0.155. The second-order valence-corrected chi connectivity index (χ2v) is 4.53. The van der Waals surface area contributed by atoms with Crippen LogP contribution in [0, 0.1) is 0 Å². The molecule has 0 aliphatic rings. The van der Waals surface area contributed by atoms with Gasteiger partial charge in [0.25, 0.3) is 0 Å². The number of alkyl halides is 1. The van der Waals surface area contributed by atoms with Crippen molar-refractivity contribution < 1.29 is 9.53 Å². The first-order chi connectivity index (χ1) is 7.76. The molecule has 0 aliphatic heterocycles. The Morgan fingerprint density at radius 1 is 1.25 bits per heavy atom. The first-order valence-electron chi connectivity index (χ1n) is 6.18. The first-order valence-corrected chi connectivity index (χ1v) is 7.30. The monoisotopic (exact) mass is 290 g/mol. The minimum absolute atomic E-state index is 0.155. The van der Waals surface area contributed by atoms with Gasteiger partial charge in [-0.1, -0.05) is 48.2 Å². The van der Waals surface area contributed by atoms with Crippen LogP contribution in [0.1, 0.15) is 52.4 Å². The van der Waals surface area contributed by atoms with E-state index in [9.17, 15) is 4.79 Å². The van der Waals surface area contributed by atoms with E-state index < -0.39 is 0 Å². The Morgan fingerprint density at radius 3 is 2.56 bits per heavy atom. The lowest BCUT2D eigenvalue weighted by atomic mass is 10.1. The fraction of sp³-hybridized carbons (Fsp3) is 0.769. The van der Waals surface area contributed by atoms with Crippen LogP contribution in [0.15, 0.2) is 11.6 Å². The predicted octanol–water partition coefficient (Wildman–Crippen LogP) is 4.23. The third-order valence-corrected chi connectivity index (χ3v) is 2.75. The van der Waals surface area contributed by atoms with E-state index in [-0.39, 0.29) is 5.97 Å². The molecular formula is C13H23BrO2. The molecule has 0 aromatic heterocycles. The summed E-state index contributed by atoms with van der Waals surface area (Å²) < 4.78 is 5.01. The lowest BCUT2D eigenvalue weighted by molar-refractivity contribution is -0.138. The highest BCUT2D eigenvalue weighted by molar-refractivity contribution is 9.09. The Morgan fingerprint density at radius 2 is 2.00 bits per heavy atom. The molecule has 0 fully saturated rings. The van der Waals surface area contributed by atoms with E-state index in [0.717, 1.165) is 23.7 Å². The van der Waals surface area contributed by atoms with Crippen LogP contribution < -0.4 is 0 Å². The maximum Gasteiger partial charge on any atom is 0.333 e. The van der Waals surface area contributed by atoms with Gasteiger partial charge in [-0.25, -0.2) is 4.79 Å². The zero-order chi connectivity index (χ0) is 12.2. The van der Waals surface area contributed by atoms with E-state index >= 15 is 0 Å². The fourth-order valence-electron chi connectivity index (χ4n) is 1.46. The van der Waals surface area contributed by atoms with Gasteiger partial charge in [0, 0.05) is 10.9 Å². The molecule has 94 valence electrons. The van der Waals surface area contributed by atoms with Gasteiger partial charge in [-0.2, -0.15) is 0 Å². The van der Waals surface area contributed by atoms with E-state index in [1.165, 1.54) is 25.7 Å². The second kappa shape index (κ2) is 11.2. The minimum atomic E-state index is -0.155. The quantitative estimate of drug-likeness (QED) is 0.275. The summed E-state index contributed by atoms with van der Waals surface area (Å²) in [6.45, 7) is 4.49. The maximum atomic E-state index is 11.5. The van der Waals surface area contributed by atoms with Crippen LogP contribution in [-0.4, -0.2) is 17.9 Å². The molecule has 0 aromatic rings. The standard InChI is InChI=1S/C13H23BrO2/c1-3-5-6-7-8-9-12(10-11-14)13(15)16-4-2/h9H,3-8,10-11H2,1-2H3. The number of unbranched alkanes of at least 4 members (excludes halogenated alkanes) is 4. The SMILES string of the molecule is CCCCCCC=C(CCBr)C(=O)OCC. The van der Waals surface area contributed by atoms with Gasteiger partial charge in [-0.15, -0.1) is 0 Å². The fourth-order valence-corrected chi connectivity index (χ4v) is 1.89. The molecule has 0 radical (unpaired) electrons. The Hall–Kier alpha value is -0.310. The van der Waals surface area contributed by atoms with Gasteiger partial charge < -0.3 is 4.74 Å². The largest absolute Gasteiger partial charge is 0.463 e. The zero-order valence-corrected chi connectivity index (χ0v) is 12.0. The normalized spacial score (nSPS) is 11.6. The summed E-state index contributed by atoms with van der Waals surface area (Å²) in [5, 5.41) is 0.812. The van der Waals surface area contributed by atoms with Crippen LogP contribution in [0.2, 0.25) is 0 Å². The summed E-state index contributed by atoms with van der Waals surface area (Å²) in [7, 11) is 0. The summed E-state index contributed by atoms with van der Waals surface area (Å²) in [6, 6.07) is 0. The van der Waals surface area contributed by atoms with Gasteiger partial charge in [-0.05, 0) is 26.2 Å². The molecule has 0 unspecified atom stereocenters. The topological polar surface area (TPSA) is 26.3 Å². The summed E-state index contributed by atoms with van der Waals surface area (Å²) in [5.41, 5.74) is 0.815. The van der Waals surface area contributed by atoms with E-state index in [1.54, 1.807) is 0 Å². The number of rotatable bonds is 9. The molecule has 0 bridgehead atoms. The van der Waals surface area contributed by atoms with Gasteiger partial charge in [0.2, 0.25) is 0 Å². The maximum absolute atomic E-state index is 11.5. The zero-order valence-electron chi connectivity index (χ0n) is 10.4. The third kappa shape index (κ3) is 7.91. The molecule has 0 aromatic carbocycles.